The Morgan fingerprint density at radius 2 is 1.76 bits per heavy atom. The van der Waals surface area contributed by atoms with Gasteiger partial charge in [-0.1, -0.05) is 6.92 Å². The summed E-state index contributed by atoms with van der Waals surface area (Å²) in [5.41, 5.74) is 0.471. The van der Waals surface area contributed by atoms with Gasteiger partial charge in [0.25, 0.3) is 5.91 Å². The van der Waals surface area contributed by atoms with Crippen LogP contribution in [0.5, 0.6) is 5.75 Å². The van der Waals surface area contributed by atoms with Crippen LogP contribution in [0.15, 0.2) is 23.1 Å². The fourth-order valence-corrected chi connectivity index (χ4v) is 8.92. The van der Waals surface area contributed by atoms with Crippen LogP contribution in [-0.4, -0.2) is 58.1 Å². The van der Waals surface area contributed by atoms with Crippen LogP contribution in [0.1, 0.15) is 62.2 Å². The highest BCUT2D eigenvalue weighted by Gasteiger charge is 2.54. The molecule has 4 saturated carbocycles. The molecule has 4 bridgehead atoms. The Hall–Kier alpha value is -1.64. The smallest absolute Gasteiger partial charge is 0.255 e. The number of hydrogen-bond donors (Lipinski definition) is 1. The zero-order chi connectivity index (χ0) is 23.2. The SMILES string of the molecule is CC[C@@H](NC(=O)c1cc(S(=O)(=O)N2CCOCC2)ccc1OC)C12CC3CC(CC(C3)C1)C2. The Balaban J connectivity index is 1.40. The maximum absolute atomic E-state index is 13.5. The molecule has 1 aromatic rings. The molecule has 6 rings (SSSR count). The Morgan fingerprint density at radius 1 is 1.15 bits per heavy atom. The average molecular weight is 477 g/mol. The number of ether oxygens (including phenoxy) is 2. The molecule has 1 atom stereocenters. The van der Waals surface area contributed by atoms with E-state index in [1.165, 1.54) is 62.1 Å². The number of rotatable bonds is 7. The van der Waals surface area contributed by atoms with Crippen LogP contribution in [0.3, 0.4) is 0 Å². The van der Waals surface area contributed by atoms with Gasteiger partial charge in [0.2, 0.25) is 10.0 Å². The van der Waals surface area contributed by atoms with Gasteiger partial charge >= 0.3 is 0 Å². The van der Waals surface area contributed by atoms with E-state index >= 15 is 0 Å². The van der Waals surface area contributed by atoms with Gasteiger partial charge in [0, 0.05) is 19.1 Å². The molecule has 1 aliphatic heterocycles. The third-order valence-electron chi connectivity index (χ3n) is 8.56. The lowest BCUT2D eigenvalue weighted by Gasteiger charge is -2.59. The van der Waals surface area contributed by atoms with E-state index in [1.807, 2.05) is 0 Å². The minimum Gasteiger partial charge on any atom is -0.496 e. The van der Waals surface area contributed by atoms with Gasteiger partial charge in [-0.2, -0.15) is 4.31 Å². The normalized spacial score (nSPS) is 32.5. The second-order valence-electron chi connectivity index (χ2n) is 10.6. The number of methoxy groups -OCH3 is 1. The summed E-state index contributed by atoms with van der Waals surface area (Å²) in [7, 11) is -2.18. The predicted molar refractivity (Wildman–Crippen MR) is 125 cm³/mol. The molecule has 0 spiro atoms. The summed E-state index contributed by atoms with van der Waals surface area (Å²) in [6.45, 7) is 3.55. The minimum absolute atomic E-state index is 0.0996. The maximum atomic E-state index is 13.5. The lowest BCUT2D eigenvalue weighted by atomic mass is 9.47. The molecule has 1 amide bonds. The first-order valence-electron chi connectivity index (χ1n) is 12.4. The van der Waals surface area contributed by atoms with E-state index in [0.29, 0.717) is 32.1 Å². The molecule has 1 saturated heterocycles. The molecule has 1 N–H and O–H groups in total. The quantitative estimate of drug-likeness (QED) is 0.652. The number of amides is 1. The minimum atomic E-state index is -3.70. The molecule has 5 aliphatic rings. The summed E-state index contributed by atoms with van der Waals surface area (Å²) in [6, 6.07) is 4.69. The molecule has 5 fully saturated rings. The van der Waals surface area contributed by atoms with Crippen molar-refractivity contribution in [3.05, 3.63) is 23.8 Å². The maximum Gasteiger partial charge on any atom is 0.255 e. The molecular formula is C25H36N2O5S. The van der Waals surface area contributed by atoms with Gasteiger partial charge in [0.1, 0.15) is 5.75 Å². The van der Waals surface area contributed by atoms with Crippen molar-refractivity contribution in [2.45, 2.75) is 62.8 Å². The summed E-state index contributed by atoms with van der Waals surface area (Å²) in [5.74, 6) is 2.57. The molecule has 8 heteroatoms. The fourth-order valence-electron chi connectivity index (χ4n) is 7.49. The fraction of sp³-hybridized carbons (Fsp3) is 0.720. The molecule has 1 aromatic carbocycles. The first kappa shape index (κ1) is 23.1. The topological polar surface area (TPSA) is 84.9 Å². The van der Waals surface area contributed by atoms with Crippen molar-refractivity contribution >= 4 is 15.9 Å². The first-order valence-corrected chi connectivity index (χ1v) is 13.9. The van der Waals surface area contributed by atoms with E-state index < -0.39 is 10.0 Å². The number of morpholine rings is 1. The number of nitrogens with zero attached hydrogens (tertiary/aromatic N) is 1. The third kappa shape index (κ3) is 4.19. The van der Waals surface area contributed by atoms with E-state index in [4.69, 9.17) is 9.47 Å². The summed E-state index contributed by atoms with van der Waals surface area (Å²) in [5, 5.41) is 3.33. The number of carbonyl (C=O) groups excluding carboxylic acids is 1. The van der Waals surface area contributed by atoms with Crippen molar-refractivity contribution in [2.75, 3.05) is 33.4 Å². The monoisotopic (exact) mass is 476 g/mol. The molecule has 0 aromatic heterocycles. The highest BCUT2D eigenvalue weighted by atomic mass is 32.2. The van der Waals surface area contributed by atoms with E-state index in [-0.39, 0.29) is 27.8 Å². The lowest BCUT2D eigenvalue weighted by Crippen LogP contribution is -2.56. The molecule has 0 radical (unpaired) electrons. The van der Waals surface area contributed by atoms with Gasteiger partial charge in [-0.05, 0) is 86.3 Å². The largest absolute Gasteiger partial charge is 0.496 e. The standard InChI is InChI=1S/C25H36N2O5S/c1-3-23(25-14-17-10-18(15-25)12-19(11-17)16-25)26-24(28)21-13-20(4-5-22(21)31-2)33(29,30)27-6-8-32-9-7-27/h4-5,13,17-19,23H,3,6-12,14-16H2,1-2H3,(H,26,28)/t17?,18?,19?,23-,25?/m1/s1. The van der Waals surface area contributed by atoms with Crippen molar-refractivity contribution in [1.29, 1.82) is 0 Å². The van der Waals surface area contributed by atoms with Crippen molar-refractivity contribution in [3.8, 4) is 5.75 Å². The number of carbonyl (C=O) groups is 1. The Labute approximate surface area is 197 Å². The number of sulfonamides is 1. The zero-order valence-electron chi connectivity index (χ0n) is 19.7. The molecule has 7 nitrogen and oxygen atoms in total. The van der Waals surface area contributed by atoms with Crippen LogP contribution in [0.4, 0.5) is 0 Å². The van der Waals surface area contributed by atoms with E-state index in [2.05, 4.69) is 12.2 Å². The summed E-state index contributed by atoms with van der Waals surface area (Å²) in [6.07, 6.45) is 8.59. The molecular weight excluding hydrogens is 440 g/mol. The zero-order valence-corrected chi connectivity index (χ0v) is 20.5. The Bertz CT molecular complexity index is 967. The van der Waals surface area contributed by atoms with Crippen molar-refractivity contribution in [2.24, 2.45) is 23.2 Å². The highest BCUT2D eigenvalue weighted by Crippen LogP contribution is 2.61. The molecule has 33 heavy (non-hydrogen) atoms. The molecule has 0 unspecified atom stereocenters. The van der Waals surface area contributed by atoms with Crippen LogP contribution in [0.25, 0.3) is 0 Å². The lowest BCUT2D eigenvalue weighted by molar-refractivity contribution is -0.0727. The van der Waals surface area contributed by atoms with Crippen molar-refractivity contribution < 1.29 is 22.7 Å². The number of nitrogens with one attached hydrogen (secondary N) is 1. The van der Waals surface area contributed by atoms with Crippen LogP contribution < -0.4 is 10.1 Å². The highest BCUT2D eigenvalue weighted by molar-refractivity contribution is 7.89. The van der Waals surface area contributed by atoms with Crippen molar-refractivity contribution in [3.63, 3.8) is 0 Å². The predicted octanol–water partition coefficient (Wildman–Crippen LogP) is 3.44. The van der Waals surface area contributed by atoms with Crippen LogP contribution >= 0.6 is 0 Å². The van der Waals surface area contributed by atoms with Gasteiger partial charge in [-0.25, -0.2) is 8.42 Å². The van der Waals surface area contributed by atoms with Gasteiger partial charge < -0.3 is 14.8 Å². The Morgan fingerprint density at radius 3 is 2.30 bits per heavy atom. The third-order valence-corrected chi connectivity index (χ3v) is 10.5. The molecule has 4 aliphatic carbocycles. The van der Waals surface area contributed by atoms with E-state index in [9.17, 15) is 13.2 Å². The van der Waals surface area contributed by atoms with Gasteiger partial charge in [0.15, 0.2) is 0 Å². The summed E-state index contributed by atoms with van der Waals surface area (Å²) in [4.78, 5) is 13.6. The van der Waals surface area contributed by atoms with E-state index in [0.717, 1.165) is 24.2 Å². The van der Waals surface area contributed by atoms with Gasteiger partial charge in [0.05, 0.1) is 30.8 Å². The van der Waals surface area contributed by atoms with Crippen molar-refractivity contribution in [1.82, 2.24) is 9.62 Å². The first-order chi connectivity index (χ1) is 15.8. The number of hydrogen-bond acceptors (Lipinski definition) is 5. The van der Waals surface area contributed by atoms with Crippen LogP contribution in [0.2, 0.25) is 0 Å². The Kier molecular flexibility index (Phi) is 6.20. The van der Waals surface area contributed by atoms with E-state index in [1.54, 1.807) is 6.07 Å². The summed E-state index contributed by atoms with van der Waals surface area (Å²) < 4.78 is 38.5. The summed E-state index contributed by atoms with van der Waals surface area (Å²) >= 11 is 0. The molecule has 182 valence electrons. The second kappa shape index (κ2) is 8.86. The van der Waals surface area contributed by atoms with Gasteiger partial charge in [-0.15, -0.1) is 0 Å². The van der Waals surface area contributed by atoms with Crippen LogP contribution in [0, 0.1) is 23.2 Å². The molecule has 1 heterocycles. The average Bonchev–Trinajstić information content (AvgIpc) is 2.81. The number of benzene rings is 1. The second-order valence-corrected chi connectivity index (χ2v) is 12.5. The van der Waals surface area contributed by atoms with Crippen LogP contribution in [-0.2, 0) is 14.8 Å². The van der Waals surface area contributed by atoms with Gasteiger partial charge in [-0.3, -0.25) is 4.79 Å².